The zero-order chi connectivity index (χ0) is 30.9. The molecule has 44 heavy (non-hydrogen) atoms. The predicted octanol–water partition coefficient (Wildman–Crippen LogP) is 5.54. The zero-order valence-corrected chi connectivity index (χ0v) is 25.4. The highest BCUT2D eigenvalue weighted by atomic mass is 32.2. The van der Waals surface area contributed by atoms with Crippen molar-refractivity contribution in [2.24, 2.45) is 0 Å². The molecule has 0 spiro atoms. The Bertz CT molecular complexity index is 1550. The number of carbonyl (C=O) groups excluding carboxylic acids is 2. The highest BCUT2D eigenvalue weighted by Crippen LogP contribution is 2.40. The maximum atomic E-state index is 12.3. The Morgan fingerprint density at radius 2 is 1.68 bits per heavy atom. The van der Waals surface area contributed by atoms with Gasteiger partial charge in [0, 0.05) is 43.6 Å². The van der Waals surface area contributed by atoms with Crippen LogP contribution in [0.1, 0.15) is 54.9 Å². The first kappa shape index (κ1) is 31.3. The number of thioether (sulfide) groups is 1. The number of benzene rings is 3. The molecule has 1 aliphatic rings. The van der Waals surface area contributed by atoms with Gasteiger partial charge in [-0.2, -0.15) is 0 Å². The Morgan fingerprint density at radius 3 is 2.41 bits per heavy atom. The van der Waals surface area contributed by atoms with Gasteiger partial charge in [0.1, 0.15) is 0 Å². The molecule has 0 bridgehead atoms. The minimum atomic E-state index is -0.859. The number of ether oxygens (including phenoxy) is 3. The summed E-state index contributed by atoms with van der Waals surface area (Å²) in [7, 11) is 0. The number of aromatic nitrogens is 2. The van der Waals surface area contributed by atoms with Gasteiger partial charge in [-0.05, 0) is 52.9 Å². The standard InChI is InChI=1S/C34H35N3O6S/c1-22(41-23(2)39)32(40)37-19-25-6-3-7-27(16-25)28-8-4-9-29(17-28)33-42-30(21-44-34-35-14-5-15-36-34)18-31(43-33)26-12-10-24(20-38)11-13-26/h3-17,22,30-31,33,38H,18-21H2,1-2H3,(H,37,40). The number of nitrogens with one attached hydrogen (secondary N) is 1. The SMILES string of the molecule is CC(=O)OC(C)C(=O)NCc1cccc(-c2cccc(C3OC(CSc4ncccn4)CC(c4ccc(CO)cc4)O3)c2)c1. The Balaban J connectivity index is 1.33. The molecule has 4 unspecified atom stereocenters. The number of aliphatic hydroxyl groups excluding tert-OH is 1. The van der Waals surface area contributed by atoms with E-state index in [-0.39, 0.29) is 24.7 Å². The van der Waals surface area contributed by atoms with Crippen molar-refractivity contribution >= 4 is 23.6 Å². The molecule has 0 saturated carbocycles. The molecule has 1 fully saturated rings. The van der Waals surface area contributed by atoms with Crippen LogP contribution in [0.3, 0.4) is 0 Å². The summed E-state index contributed by atoms with van der Waals surface area (Å²) in [5.41, 5.74) is 5.63. The lowest BCUT2D eigenvalue weighted by atomic mass is 9.99. The quantitative estimate of drug-likeness (QED) is 0.128. The van der Waals surface area contributed by atoms with E-state index < -0.39 is 18.4 Å². The van der Waals surface area contributed by atoms with Gasteiger partial charge in [0.2, 0.25) is 0 Å². The molecule has 4 aromatic rings. The van der Waals surface area contributed by atoms with Crippen LogP contribution in [-0.2, 0) is 37.0 Å². The van der Waals surface area contributed by atoms with Crippen molar-refractivity contribution in [3.8, 4) is 11.1 Å². The number of aliphatic hydroxyl groups is 1. The van der Waals surface area contributed by atoms with Crippen molar-refractivity contribution in [1.29, 1.82) is 0 Å². The van der Waals surface area contributed by atoms with Crippen LogP contribution in [0.25, 0.3) is 11.1 Å². The van der Waals surface area contributed by atoms with E-state index >= 15 is 0 Å². The van der Waals surface area contributed by atoms with E-state index in [2.05, 4.69) is 21.4 Å². The predicted molar refractivity (Wildman–Crippen MR) is 166 cm³/mol. The molecular weight excluding hydrogens is 578 g/mol. The minimum Gasteiger partial charge on any atom is -0.453 e. The van der Waals surface area contributed by atoms with Gasteiger partial charge >= 0.3 is 5.97 Å². The van der Waals surface area contributed by atoms with Gasteiger partial charge in [-0.25, -0.2) is 9.97 Å². The van der Waals surface area contributed by atoms with Crippen molar-refractivity contribution in [2.45, 2.75) is 63.2 Å². The Morgan fingerprint density at radius 1 is 0.955 bits per heavy atom. The Kier molecular flexibility index (Phi) is 10.7. The van der Waals surface area contributed by atoms with E-state index in [0.29, 0.717) is 23.9 Å². The first-order valence-corrected chi connectivity index (χ1v) is 15.4. The molecule has 228 valence electrons. The van der Waals surface area contributed by atoms with Gasteiger partial charge in [0.25, 0.3) is 5.91 Å². The van der Waals surface area contributed by atoms with Gasteiger partial charge in [0.15, 0.2) is 17.6 Å². The van der Waals surface area contributed by atoms with Gasteiger partial charge in [-0.15, -0.1) is 0 Å². The lowest BCUT2D eigenvalue weighted by Crippen LogP contribution is -2.35. The summed E-state index contributed by atoms with van der Waals surface area (Å²) in [4.78, 5) is 32.1. The molecule has 0 aliphatic carbocycles. The van der Waals surface area contributed by atoms with E-state index in [1.807, 2.05) is 66.7 Å². The van der Waals surface area contributed by atoms with E-state index in [9.17, 15) is 14.7 Å². The number of carbonyl (C=O) groups is 2. The maximum absolute atomic E-state index is 12.3. The molecule has 3 aromatic carbocycles. The first-order chi connectivity index (χ1) is 21.4. The molecule has 10 heteroatoms. The molecule has 5 rings (SSSR count). The molecule has 1 aromatic heterocycles. The highest BCUT2D eigenvalue weighted by Gasteiger charge is 2.32. The fraction of sp³-hybridized carbons (Fsp3) is 0.294. The average molecular weight is 614 g/mol. The lowest BCUT2D eigenvalue weighted by Gasteiger charge is -2.36. The highest BCUT2D eigenvalue weighted by molar-refractivity contribution is 7.99. The van der Waals surface area contributed by atoms with Crippen molar-refractivity contribution in [3.05, 3.63) is 114 Å². The van der Waals surface area contributed by atoms with Crippen LogP contribution >= 0.6 is 11.8 Å². The summed E-state index contributed by atoms with van der Waals surface area (Å²) < 4.78 is 18.0. The van der Waals surface area contributed by atoms with Crippen LogP contribution in [0.15, 0.2) is 96.4 Å². The summed E-state index contributed by atoms with van der Waals surface area (Å²) in [6.45, 7) is 3.11. The normalized spacial score (nSPS) is 18.8. The lowest BCUT2D eigenvalue weighted by molar-refractivity contribution is -0.245. The van der Waals surface area contributed by atoms with Crippen LogP contribution in [0.4, 0.5) is 0 Å². The number of amides is 1. The second-order valence-corrected chi connectivity index (χ2v) is 11.5. The Hall–Kier alpha value is -4.09. The smallest absolute Gasteiger partial charge is 0.303 e. The van der Waals surface area contributed by atoms with Crippen molar-refractivity contribution in [3.63, 3.8) is 0 Å². The third-order valence-corrected chi connectivity index (χ3v) is 8.16. The van der Waals surface area contributed by atoms with E-state index in [4.69, 9.17) is 14.2 Å². The fourth-order valence-corrected chi connectivity index (χ4v) is 5.73. The largest absolute Gasteiger partial charge is 0.453 e. The summed E-state index contributed by atoms with van der Waals surface area (Å²) in [5.74, 6) is -0.188. The van der Waals surface area contributed by atoms with Crippen LogP contribution in [0.2, 0.25) is 0 Å². The molecule has 9 nitrogen and oxygen atoms in total. The summed E-state index contributed by atoms with van der Waals surface area (Å²) in [6, 6.07) is 25.6. The first-order valence-electron chi connectivity index (χ1n) is 14.4. The molecule has 2 N–H and O–H groups in total. The van der Waals surface area contributed by atoms with Crippen molar-refractivity contribution < 1.29 is 28.9 Å². The molecule has 2 heterocycles. The van der Waals surface area contributed by atoms with Gasteiger partial charge in [-0.1, -0.05) is 72.4 Å². The molecule has 1 aliphatic heterocycles. The molecule has 0 radical (unpaired) electrons. The van der Waals surface area contributed by atoms with Crippen molar-refractivity contribution in [1.82, 2.24) is 15.3 Å². The fourth-order valence-electron chi connectivity index (χ4n) is 4.91. The molecule has 4 atom stereocenters. The summed E-state index contributed by atoms with van der Waals surface area (Å²) in [5, 5.41) is 13.0. The van der Waals surface area contributed by atoms with Crippen molar-refractivity contribution in [2.75, 3.05) is 5.75 Å². The summed E-state index contributed by atoms with van der Waals surface area (Å²) in [6.07, 6.45) is 2.35. The van der Waals surface area contributed by atoms with Gasteiger partial charge < -0.3 is 24.6 Å². The third-order valence-electron chi connectivity index (χ3n) is 7.15. The van der Waals surface area contributed by atoms with Crippen LogP contribution in [0.5, 0.6) is 0 Å². The zero-order valence-electron chi connectivity index (χ0n) is 24.6. The maximum Gasteiger partial charge on any atom is 0.303 e. The average Bonchev–Trinajstić information content (AvgIpc) is 3.06. The molecule has 1 saturated heterocycles. The number of esters is 1. The molecular formula is C34H35N3O6S. The van der Waals surface area contributed by atoms with Crippen LogP contribution < -0.4 is 5.32 Å². The summed E-state index contributed by atoms with van der Waals surface area (Å²) >= 11 is 1.55. The monoisotopic (exact) mass is 613 g/mol. The third kappa shape index (κ3) is 8.51. The number of hydrogen-bond acceptors (Lipinski definition) is 9. The second-order valence-electron chi connectivity index (χ2n) is 10.5. The van der Waals surface area contributed by atoms with Gasteiger partial charge in [-0.3, -0.25) is 9.59 Å². The van der Waals surface area contributed by atoms with Gasteiger partial charge in [0.05, 0.1) is 18.8 Å². The van der Waals surface area contributed by atoms with Crippen LogP contribution in [-0.4, -0.2) is 44.9 Å². The minimum absolute atomic E-state index is 0.0123. The number of hydrogen-bond donors (Lipinski definition) is 2. The van der Waals surface area contributed by atoms with E-state index in [1.54, 1.807) is 37.1 Å². The van der Waals surface area contributed by atoms with E-state index in [0.717, 1.165) is 33.4 Å². The molecule has 1 amide bonds. The topological polar surface area (TPSA) is 120 Å². The van der Waals surface area contributed by atoms with E-state index in [1.165, 1.54) is 6.92 Å². The number of nitrogens with zero attached hydrogens (tertiary/aromatic N) is 2. The second kappa shape index (κ2) is 15.1. The Labute approximate surface area is 261 Å². The van der Waals surface area contributed by atoms with Crippen LogP contribution in [0, 0.1) is 0 Å². The number of rotatable bonds is 11.